The molecular weight excluding hydrogens is 344 g/mol. The summed E-state index contributed by atoms with van der Waals surface area (Å²) in [6.07, 6.45) is 0.110. The fraction of sp³-hybridized carbons (Fsp3) is 0.158. The number of fused-ring (bicyclic) bond motifs is 1. The Labute approximate surface area is 155 Å². The molecule has 0 spiro atoms. The normalized spacial score (nSPS) is 10.3. The van der Waals surface area contributed by atoms with Crippen LogP contribution in [-0.4, -0.2) is 28.6 Å². The number of benzene rings is 2. The minimum absolute atomic E-state index is 0.110. The third kappa shape index (κ3) is 4.61. The molecule has 0 radical (unpaired) electrons. The SMILES string of the molecule is N#Cc1cccc(CC(=O)NCC(=O)NCc2ccc3[nH]nc(N)c3c2)c1. The number of nitrogen functional groups attached to an aromatic ring is 1. The molecule has 0 saturated carbocycles. The van der Waals surface area contributed by atoms with Crippen molar-refractivity contribution in [1.82, 2.24) is 20.8 Å². The first-order chi connectivity index (χ1) is 13.0. The van der Waals surface area contributed by atoms with E-state index < -0.39 is 0 Å². The number of carbonyl (C=O) groups is 2. The zero-order chi connectivity index (χ0) is 19.2. The van der Waals surface area contributed by atoms with Crippen LogP contribution in [0.2, 0.25) is 0 Å². The van der Waals surface area contributed by atoms with Crippen molar-refractivity contribution in [3.63, 3.8) is 0 Å². The number of H-pyrrole nitrogens is 1. The third-order valence-corrected chi connectivity index (χ3v) is 4.01. The quantitative estimate of drug-likeness (QED) is 0.518. The Hall–Kier alpha value is -3.86. The molecule has 2 amide bonds. The Morgan fingerprint density at radius 1 is 1.11 bits per heavy atom. The van der Waals surface area contributed by atoms with E-state index in [9.17, 15) is 9.59 Å². The zero-order valence-electron chi connectivity index (χ0n) is 14.5. The van der Waals surface area contributed by atoms with Gasteiger partial charge in [0.15, 0.2) is 5.82 Å². The highest BCUT2D eigenvalue weighted by Crippen LogP contribution is 2.18. The predicted octanol–water partition coefficient (Wildman–Crippen LogP) is 0.992. The number of amides is 2. The average Bonchev–Trinajstić information content (AvgIpc) is 3.05. The number of aromatic nitrogens is 2. The molecule has 0 aliphatic rings. The van der Waals surface area contributed by atoms with E-state index in [-0.39, 0.29) is 24.8 Å². The van der Waals surface area contributed by atoms with Gasteiger partial charge in [-0.3, -0.25) is 14.7 Å². The van der Waals surface area contributed by atoms with Gasteiger partial charge in [0.05, 0.1) is 30.1 Å². The van der Waals surface area contributed by atoms with Crippen molar-refractivity contribution < 1.29 is 9.59 Å². The number of nitrogens with one attached hydrogen (secondary N) is 3. The number of rotatable bonds is 6. The second-order valence-corrected chi connectivity index (χ2v) is 6.03. The summed E-state index contributed by atoms with van der Waals surface area (Å²) >= 11 is 0. The fourth-order valence-electron chi connectivity index (χ4n) is 2.63. The highest BCUT2D eigenvalue weighted by molar-refractivity contribution is 5.89. The Morgan fingerprint density at radius 2 is 1.96 bits per heavy atom. The molecular formula is C19H18N6O2. The van der Waals surface area contributed by atoms with Gasteiger partial charge in [-0.1, -0.05) is 18.2 Å². The van der Waals surface area contributed by atoms with E-state index in [1.54, 1.807) is 24.3 Å². The lowest BCUT2D eigenvalue weighted by atomic mass is 10.1. The van der Waals surface area contributed by atoms with Gasteiger partial charge >= 0.3 is 0 Å². The van der Waals surface area contributed by atoms with E-state index in [4.69, 9.17) is 11.0 Å². The van der Waals surface area contributed by atoms with Crippen molar-refractivity contribution in [3.05, 3.63) is 59.2 Å². The Balaban J connectivity index is 1.46. The number of nitriles is 1. The molecule has 0 unspecified atom stereocenters. The Morgan fingerprint density at radius 3 is 2.78 bits per heavy atom. The molecule has 0 aliphatic carbocycles. The number of nitrogens with two attached hydrogens (primary N) is 1. The van der Waals surface area contributed by atoms with Crippen LogP contribution in [-0.2, 0) is 22.6 Å². The molecule has 2 aromatic carbocycles. The maximum atomic E-state index is 11.9. The van der Waals surface area contributed by atoms with Crippen molar-refractivity contribution >= 4 is 28.5 Å². The summed E-state index contributed by atoms with van der Waals surface area (Å²) in [5, 5.41) is 21.7. The summed E-state index contributed by atoms with van der Waals surface area (Å²) in [4.78, 5) is 23.9. The number of hydrogen-bond acceptors (Lipinski definition) is 5. The van der Waals surface area contributed by atoms with Gasteiger partial charge in [0.25, 0.3) is 0 Å². The standard InChI is InChI=1S/C19H18N6O2/c20-9-13-3-1-2-12(6-13)8-17(26)23-11-18(27)22-10-14-4-5-16-15(7-14)19(21)25-24-16/h1-7H,8,10-11H2,(H,22,27)(H,23,26)(H3,21,24,25). The number of carbonyl (C=O) groups excluding carboxylic acids is 2. The molecule has 27 heavy (non-hydrogen) atoms. The molecule has 136 valence electrons. The lowest BCUT2D eigenvalue weighted by molar-refractivity contribution is -0.125. The van der Waals surface area contributed by atoms with E-state index in [0.29, 0.717) is 17.9 Å². The van der Waals surface area contributed by atoms with Crippen LogP contribution in [0.15, 0.2) is 42.5 Å². The molecule has 1 heterocycles. The van der Waals surface area contributed by atoms with Gasteiger partial charge in [-0.15, -0.1) is 0 Å². The van der Waals surface area contributed by atoms with E-state index >= 15 is 0 Å². The zero-order valence-corrected chi connectivity index (χ0v) is 14.5. The van der Waals surface area contributed by atoms with Crippen molar-refractivity contribution in [2.75, 3.05) is 12.3 Å². The van der Waals surface area contributed by atoms with Gasteiger partial charge in [-0.05, 0) is 35.4 Å². The number of nitrogens with zero attached hydrogens (tertiary/aromatic N) is 2. The molecule has 1 aromatic heterocycles. The highest BCUT2D eigenvalue weighted by Gasteiger charge is 2.08. The lowest BCUT2D eigenvalue weighted by Gasteiger charge is -2.08. The summed E-state index contributed by atoms with van der Waals surface area (Å²) in [5.74, 6) is -0.173. The largest absolute Gasteiger partial charge is 0.382 e. The minimum atomic E-state index is -0.297. The topological polar surface area (TPSA) is 137 Å². The Kier molecular flexibility index (Phi) is 5.33. The van der Waals surface area contributed by atoms with Gasteiger partial charge in [-0.25, -0.2) is 0 Å². The summed E-state index contributed by atoms with van der Waals surface area (Å²) < 4.78 is 0. The van der Waals surface area contributed by atoms with Crippen molar-refractivity contribution in [2.24, 2.45) is 0 Å². The monoisotopic (exact) mass is 362 g/mol. The number of hydrogen-bond donors (Lipinski definition) is 4. The van der Waals surface area contributed by atoms with Crippen LogP contribution < -0.4 is 16.4 Å². The van der Waals surface area contributed by atoms with Crippen molar-refractivity contribution in [1.29, 1.82) is 5.26 Å². The summed E-state index contributed by atoms with van der Waals surface area (Å²) in [6.45, 7) is 0.201. The third-order valence-electron chi connectivity index (χ3n) is 4.01. The van der Waals surface area contributed by atoms with E-state index in [1.165, 1.54) is 0 Å². The maximum absolute atomic E-state index is 11.9. The molecule has 8 nitrogen and oxygen atoms in total. The highest BCUT2D eigenvalue weighted by atomic mass is 16.2. The van der Waals surface area contributed by atoms with Crippen LogP contribution >= 0.6 is 0 Å². The first kappa shape index (κ1) is 17.9. The summed E-state index contributed by atoms with van der Waals surface area (Å²) in [6, 6.07) is 14.4. The number of aromatic amines is 1. The van der Waals surface area contributed by atoms with Gasteiger partial charge < -0.3 is 16.4 Å². The molecule has 3 aromatic rings. The minimum Gasteiger partial charge on any atom is -0.382 e. The first-order valence-corrected chi connectivity index (χ1v) is 8.30. The fourth-order valence-corrected chi connectivity index (χ4v) is 2.63. The van der Waals surface area contributed by atoms with Gasteiger partial charge in [-0.2, -0.15) is 10.4 Å². The molecule has 3 rings (SSSR count). The molecule has 0 atom stereocenters. The second-order valence-electron chi connectivity index (χ2n) is 6.03. The summed E-state index contributed by atoms with van der Waals surface area (Å²) in [7, 11) is 0. The van der Waals surface area contributed by atoms with E-state index in [2.05, 4.69) is 20.8 Å². The lowest BCUT2D eigenvalue weighted by Crippen LogP contribution is -2.37. The van der Waals surface area contributed by atoms with Gasteiger partial charge in [0.2, 0.25) is 11.8 Å². The molecule has 5 N–H and O–H groups in total. The molecule has 0 bridgehead atoms. The van der Waals surface area contributed by atoms with Crippen molar-refractivity contribution in [2.45, 2.75) is 13.0 Å². The number of anilines is 1. The van der Waals surface area contributed by atoms with Crippen LogP contribution in [0.25, 0.3) is 10.9 Å². The molecule has 0 saturated heterocycles. The molecule has 8 heteroatoms. The maximum Gasteiger partial charge on any atom is 0.239 e. The van der Waals surface area contributed by atoms with Gasteiger partial charge in [0.1, 0.15) is 0 Å². The van der Waals surface area contributed by atoms with Crippen LogP contribution in [0.5, 0.6) is 0 Å². The van der Waals surface area contributed by atoms with Crippen LogP contribution in [0.1, 0.15) is 16.7 Å². The molecule has 0 fully saturated rings. The Bertz CT molecular complexity index is 1030. The summed E-state index contributed by atoms with van der Waals surface area (Å²) in [5.41, 5.74) is 8.69. The smallest absolute Gasteiger partial charge is 0.239 e. The van der Waals surface area contributed by atoms with Crippen molar-refractivity contribution in [3.8, 4) is 6.07 Å². The van der Waals surface area contributed by atoms with E-state index in [0.717, 1.165) is 22.0 Å². The van der Waals surface area contributed by atoms with Crippen LogP contribution in [0, 0.1) is 11.3 Å². The van der Waals surface area contributed by atoms with Crippen LogP contribution in [0.3, 0.4) is 0 Å². The molecule has 0 aliphatic heterocycles. The first-order valence-electron chi connectivity index (χ1n) is 8.30. The van der Waals surface area contributed by atoms with Gasteiger partial charge in [0, 0.05) is 11.9 Å². The second kappa shape index (κ2) is 8.01. The van der Waals surface area contributed by atoms with Crippen LogP contribution in [0.4, 0.5) is 5.82 Å². The average molecular weight is 362 g/mol. The van der Waals surface area contributed by atoms with E-state index in [1.807, 2.05) is 24.3 Å². The predicted molar refractivity (Wildman–Crippen MR) is 100 cm³/mol.